The van der Waals surface area contributed by atoms with Crippen LogP contribution < -0.4 is 5.32 Å². The van der Waals surface area contributed by atoms with Crippen LogP contribution in [0.15, 0.2) is 39.9 Å². The predicted molar refractivity (Wildman–Crippen MR) is 148 cm³/mol. The Balaban J connectivity index is 1.87. The van der Waals surface area contributed by atoms with Crippen molar-refractivity contribution < 1.29 is 23.4 Å². The van der Waals surface area contributed by atoms with Gasteiger partial charge in [-0.25, -0.2) is 14.2 Å². The molecule has 7 nitrogen and oxygen atoms in total. The quantitative estimate of drug-likeness (QED) is 0.395. The monoisotopic (exact) mass is 535 g/mol. The van der Waals surface area contributed by atoms with Crippen molar-refractivity contribution in [3.8, 4) is 0 Å². The number of methoxy groups -OCH3 is 1. The van der Waals surface area contributed by atoms with Crippen LogP contribution in [0.4, 0.5) is 14.9 Å². The molecule has 1 aromatic carbocycles. The van der Waals surface area contributed by atoms with E-state index in [0.29, 0.717) is 17.9 Å². The van der Waals surface area contributed by atoms with Crippen molar-refractivity contribution in [2.24, 2.45) is 4.99 Å². The number of ether oxygens (including phenoxy) is 3. The van der Waals surface area contributed by atoms with Crippen LogP contribution in [-0.4, -0.2) is 65.7 Å². The molecule has 0 bridgehead atoms. The Bertz CT molecular complexity index is 1040. The first-order valence-corrected chi connectivity index (χ1v) is 14.2. The number of amidine groups is 1. The second kappa shape index (κ2) is 11.7. The molecule has 5 atom stereocenters. The SMILES string of the molecule is CCC1=CN=C(Nc2ccc(SC)cc2F)C(OC)C1OC1(C)CC(CC)N(C(=O)OC(C)(C)C)C1C. The van der Waals surface area contributed by atoms with Gasteiger partial charge in [-0.05, 0) is 83.9 Å². The number of likely N-dealkylation sites (tertiary alicyclic amines) is 1. The molecule has 1 amide bonds. The lowest BCUT2D eigenvalue weighted by Crippen LogP contribution is -2.52. The number of nitrogens with one attached hydrogen (secondary N) is 1. The molecule has 9 heteroatoms. The molecule has 1 fully saturated rings. The Morgan fingerprint density at radius 1 is 1.30 bits per heavy atom. The lowest BCUT2D eigenvalue weighted by molar-refractivity contribution is -0.115. The van der Waals surface area contributed by atoms with Gasteiger partial charge in [0.25, 0.3) is 0 Å². The zero-order chi connectivity index (χ0) is 27.5. The van der Waals surface area contributed by atoms with Gasteiger partial charge in [-0.3, -0.25) is 4.90 Å². The summed E-state index contributed by atoms with van der Waals surface area (Å²) in [6.45, 7) is 13.8. The average Bonchev–Trinajstić information content (AvgIpc) is 3.09. The summed E-state index contributed by atoms with van der Waals surface area (Å²) in [5.41, 5.74) is 0.0693. The average molecular weight is 536 g/mol. The predicted octanol–water partition coefficient (Wildman–Crippen LogP) is 6.63. The van der Waals surface area contributed by atoms with Crippen LogP contribution >= 0.6 is 11.8 Å². The summed E-state index contributed by atoms with van der Waals surface area (Å²) >= 11 is 1.48. The highest BCUT2D eigenvalue weighted by atomic mass is 32.2. The first-order valence-electron chi connectivity index (χ1n) is 13.0. The van der Waals surface area contributed by atoms with E-state index < -0.39 is 23.4 Å². The highest BCUT2D eigenvalue weighted by molar-refractivity contribution is 7.98. The van der Waals surface area contributed by atoms with Crippen LogP contribution in [0.25, 0.3) is 0 Å². The molecule has 5 unspecified atom stereocenters. The van der Waals surface area contributed by atoms with Gasteiger partial charge in [0.05, 0.1) is 17.3 Å². The van der Waals surface area contributed by atoms with Gasteiger partial charge >= 0.3 is 6.09 Å². The first-order chi connectivity index (χ1) is 17.4. The summed E-state index contributed by atoms with van der Waals surface area (Å²) in [5, 5.41) is 3.13. The lowest BCUT2D eigenvalue weighted by atomic mass is 9.92. The molecule has 2 aliphatic heterocycles. The van der Waals surface area contributed by atoms with Crippen molar-refractivity contribution in [1.29, 1.82) is 0 Å². The van der Waals surface area contributed by atoms with Gasteiger partial charge < -0.3 is 19.5 Å². The second-order valence-electron chi connectivity index (χ2n) is 10.9. The Kier molecular flexibility index (Phi) is 9.35. The number of carbonyl (C=O) groups is 1. The van der Waals surface area contributed by atoms with Gasteiger partial charge in [0.15, 0.2) is 0 Å². The van der Waals surface area contributed by atoms with E-state index in [0.717, 1.165) is 23.3 Å². The van der Waals surface area contributed by atoms with Gasteiger partial charge in [0, 0.05) is 24.2 Å². The molecular formula is C28H42FN3O4S. The third-order valence-electron chi connectivity index (χ3n) is 7.19. The fourth-order valence-electron chi connectivity index (χ4n) is 5.01. The van der Waals surface area contributed by atoms with E-state index in [1.54, 1.807) is 19.4 Å². The standard InChI is InChI=1S/C28H42FN3O4S/c1-10-18-16-30-25(31-22-13-12-20(37-9)14-21(22)29)24(34-8)23(18)35-28(7)15-19(11-2)32(17(28)3)26(33)36-27(4,5)6/h12-14,16-17,19,23-24H,10-11,15H2,1-9H3,(H,30,31). The minimum Gasteiger partial charge on any atom is -0.444 e. The maximum absolute atomic E-state index is 14.8. The molecule has 2 heterocycles. The number of benzene rings is 1. The molecule has 3 rings (SSSR count). The summed E-state index contributed by atoms with van der Waals surface area (Å²) < 4.78 is 33.3. The normalized spacial score (nSPS) is 28.1. The van der Waals surface area contributed by atoms with Crippen LogP contribution in [-0.2, 0) is 14.2 Å². The molecule has 1 saturated heterocycles. The van der Waals surface area contributed by atoms with Crippen LogP contribution in [0.1, 0.15) is 67.7 Å². The van der Waals surface area contributed by atoms with E-state index in [1.807, 2.05) is 58.8 Å². The topological polar surface area (TPSA) is 72.4 Å². The molecule has 2 aliphatic rings. The smallest absolute Gasteiger partial charge is 0.410 e. The highest BCUT2D eigenvalue weighted by Gasteiger charge is 2.52. The van der Waals surface area contributed by atoms with Crippen LogP contribution in [0.3, 0.4) is 0 Å². The molecular weight excluding hydrogens is 493 g/mol. The molecule has 0 radical (unpaired) electrons. The maximum atomic E-state index is 14.8. The molecule has 0 aromatic heterocycles. The number of carbonyl (C=O) groups excluding carboxylic acids is 1. The first kappa shape index (κ1) is 29.5. The molecule has 0 spiro atoms. The minimum atomic E-state index is -0.652. The minimum absolute atomic E-state index is 0.0104. The van der Waals surface area contributed by atoms with Gasteiger partial charge in [-0.15, -0.1) is 11.8 Å². The van der Waals surface area contributed by atoms with Crippen molar-refractivity contribution in [3.05, 3.63) is 35.8 Å². The Hall–Kier alpha value is -2.10. The van der Waals surface area contributed by atoms with Crippen molar-refractivity contribution in [2.75, 3.05) is 18.7 Å². The van der Waals surface area contributed by atoms with Gasteiger partial charge in [0.1, 0.15) is 29.5 Å². The number of nitrogens with zero attached hydrogens (tertiary/aromatic N) is 2. The lowest BCUT2D eigenvalue weighted by Gasteiger charge is -2.40. The summed E-state index contributed by atoms with van der Waals surface area (Å²) in [6, 6.07) is 4.83. The Labute approximate surface area is 225 Å². The third kappa shape index (κ3) is 6.49. The van der Waals surface area contributed by atoms with E-state index in [1.165, 1.54) is 17.8 Å². The summed E-state index contributed by atoms with van der Waals surface area (Å²) in [4.78, 5) is 20.4. The van der Waals surface area contributed by atoms with Gasteiger partial charge in [0.2, 0.25) is 0 Å². The maximum Gasteiger partial charge on any atom is 0.410 e. The number of halogens is 1. The summed E-state index contributed by atoms with van der Waals surface area (Å²) in [6.07, 6.45) is 4.51. The fraction of sp³-hybridized carbons (Fsp3) is 0.643. The van der Waals surface area contributed by atoms with E-state index in [9.17, 15) is 9.18 Å². The molecule has 0 aliphatic carbocycles. The molecule has 37 heavy (non-hydrogen) atoms. The van der Waals surface area contributed by atoms with E-state index in [2.05, 4.69) is 17.2 Å². The number of hydrogen-bond acceptors (Lipinski definition) is 7. The number of hydrogen-bond donors (Lipinski definition) is 1. The summed E-state index contributed by atoms with van der Waals surface area (Å²) in [7, 11) is 1.60. The summed E-state index contributed by atoms with van der Waals surface area (Å²) in [5.74, 6) is 0.119. The van der Waals surface area contributed by atoms with Crippen molar-refractivity contribution in [2.45, 2.75) is 108 Å². The number of aliphatic imine (C=N–C) groups is 1. The largest absolute Gasteiger partial charge is 0.444 e. The number of anilines is 1. The van der Waals surface area contributed by atoms with Crippen molar-refractivity contribution in [1.82, 2.24) is 4.90 Å². The van der Waals surface area contributed by atoms with E-state index in [4.69, 9.17) is 14.2 Å². The zero-order valence-corrected chi connectivity index (χ0v) is 24.4. The highest BCUT2D eigenvalue weighted by Crippen LogP contribution is 2.41. The van der Waals surface area contributed by atoms with Crippen molar-refractivity contribution in [3.63, 3.8) is 0 Å². The van der Waals surface area contributed by atoms with Crippen LogP contribution in [0.2, 0.25) is 0 Å². The third-order valence-corrected chi connectivity index (χ3v) is 7.91. The van der Waals surface area contributed by atoms with Gasteiger partial charge in [-0.2, -0.15) is 0 Å². The van der Waals surface area contributed by atoms with Crippen molar-refractivity contribution >= 4 is 29.4 Å². The molecule has 0 saturated carbocycles. The Morgan fingerprint density at radius 2 is 2.00 bits per heavy atom. The zero-order valence-electron chi connectivity index (χ0n) is 23.6. The molecule has 206 valence electrons. The van der Waals surface area contributed by atoms with Gasteiger partial charge in [-0.1, -0.05) is 13.8 Å². The molecule has 1 aromatic rings. The molecule has 1 N–H and O–H groups in total. The van der Waals surface area contributed by atoms with E-state index >= 15 is 0 Å². The fourth-order valence-corrected chi connectivity index (χ4v) is 5.44. The number of thioether (sulfide) groups is 1. The van der Waals surface area contributed by atoms with Crippen LogP contribution in [0, 0.1) is 5.82 Å². The second-order valence-corrected chi connectivity index (χ2v) is 11.8. The van der Waals surface area contributed by atoms with Crippen LogP contribution in [0.5, 0.6) is 0 Å². The Morgan fingerprint density at radius 3 is 2.54 bits per heavy atom. The number of rotatable bonds is 7. The number of amides is 1. The van der Waals surface area contributed by atoms with E-state index in [-0.39, 0.29) is 24.0 Å².